The Hall–Kier alpha value is -4.12. The lowest BCUT2D eigenvalue weighted by atomic mass is 10.0. The standard InChI is InChI=1S/C27H23F7N4O5S/c28-19-8-16(9-21(12-19)43-27(32,33)34)17-10-23-25(35-13-17)37-7-6-36(5-4-24(39)40)14-20(37)15-38(23)44(41,42)22-3-1-2-18(11-22)26(29,30)31/h1-3,8-13,20H,4-7,14-15H2,(H,39,40)/t20-/m0/s1. The summed E-state index contributed by atoms with van der Waals surface area (Å²) in [7, 11) is -4.68. The molecule has 17 heteroatoms. The molecule has 1 fully saturated rings. The molecule has 2 aliphatic rings. The Morgan fingerprint density at radius 3 is 2.43 bits per heavy atom. The van der Waals surface area contributed by atoms with Gasteiger partial charge in [-0.25, -0.2) is 17.8 Å². The number of hydrogen-bond acceptors (Lipinski definition) is 7. The monoisotopic (exact) mass is 648 g/mol. The van der Waals surface area contributed by atoms with Crippen LogP contribution in [0.4, 0.5) is 42.2 Å². The molecule has 0 radical (unpaired) electrons. The molecule has 2 aromatic carbocycles. The van der Waals surface area contributed by atoms with Crippen molar-refractivity contribution in [2.75, 3.05) is 41.9 Å². The molecule has 236 valence electrons. The first-order chi connectivity index (χ1) is 20.5. The average molecular weight is 649 g/mol. The van der Waals surface area contributed by atoms with Gasteiger partial charge in [-0.05, 0) is 42.0 Å². The lowest BCUT2D eigenvalue weighted by Gasteiger charge is -2.48. The first-order valence-electron chi connectivity index (χ1n) is 13.0. The maximum absolute atomic E-state index is 14.3. The molecule has 5 rings (SSSR count). The topological polar surface area (TPSA) is 103 Å². The summed E-state index contributed by atoms with van der Waals surface area (Å²) in [6.07, 6.45) is -8.90. The smallest absolute Gasteiger partial charge is 0.481 e. The molecule has 3 aromatic rings. The molecule has 3 heterocycles. The molecule has 1 N–H and O–H groups in total. The highest BCUT2D eigenvalue weighted by Crippen LogP contribution is 2.42. The van der Waals surface area contributed by atoms with Gasteiger partial charge in [-0.3, -0.25) is 14.0 Å². The number of ether oxygens (including phenoxy) is 1. The van der Waals surface area contributed by atoms with E-state index >= 15 is 0 Å². The quantitative estimate of drug-likeness (QED) is 0.358. The molecule has 9 nitrogen and oxygen atoms in total. The fourth-order valence-corrected chi connectivity index (χ4v) is 6.76. The molecular formula is C27H23F7N4O5S. The fraction of sp³-hybridized carbons (Fsp3) is 0.333. The minimum absolute atomic E-state index is 0.0121. The molecule has 0 unspecified atom stereocenters. The van der Waals surface area contributed by atoms with Crippen molar-refractivity contribution >= 4 is 27.5 Å². The second-order valence-electron chi connectivity index (χ2n) is 10.1. The van der Waals surface area contributed by atoms with Gasteiger partial charge >= 0.3 is 18.5 Å². The van der Waals surface area contributed by atoms with Crippen LogP contribution in [0.3, 0.4) is 0 Å². The summed E-state index contributed by atoms with van der Waals surface area (Å²) < 4.78 is 126. The van der Waals surface area contributed by atoms with Gasteiger partial charge in [0.05, 0.1) is 35.2 Å². The van der Waals surface area contributed by atoms with Gasteiger partial charge in [0.15, 0.2) is 5.82 Å². The summed E-state index contributed by atoms with van der Waals surface area (Å²) >= 11 is 0. The number of carboxylic acid groups (broad SMARTS) is 1. The molecule has 1 saturated heterocycles. The minimum Gasteiger partial charge on any atom is -0.481 e. The summed E-state index contributed by atoms with van der Waals surface area (Å²) in [5.74, 6) is -2.84. The zero-order chi connectivity index (χ0) is 32.0. The predicted molar refractivity (Wildman–Crippen MR) is 142 cm³/mol. The number of pyridine rings is 1. The summed E-state index contributed by atoms with van der Waals surface area (Å²) in [5, 5.41) is 9.07. The number of rotatable bonds is 7. The van der Waals surface area contributed by atoms with Crippen LogP contribution in [0.15, 0.2) is 59.6 Å². The van der Waals surface area contributed by atoms with Crippen LogP contribution in [0.2, 0.25) is 0 Å². The van der Waals surface area contributed by atoms with Crippen molar-refractivity contribution in [3.63, 3.8) is 0 Å². The minimum atomic E-state index is -5.11. The number of hydrogen-bond donors (Lipinski definition) is 1. The summed E-state index contributed by atoms with van der Waals surface area (Å²) in [6.45, 7) is 0.819. The largest absolute Gasteiger partial charge is 0.573 e. The molecule has 0 saturated carbocycles. The van der Waals surface area contributed by atoms with Gasteiger partial charge in [0.2, 0.25) is 0 Å². The van der Waals surface area contributed by atoms with Crippen molar-refractivity contribution in [3.05, 3.63) is 66.1 Å². The zero-order valence-electron chi connectivity index (χ0n) is 22.4. The van der Waals surface area contributed by atoms with Gasteiger partial charge in [0, 0.05) is 44.0 Å². The number of carboxylic acids is 1. The van der Waals surface area contributed by atoms with E-state index in [1.807, 2.05) is 4.90 Å². The number of nitrogens with zero attached hydrogens (tertiary/aromatic N) is 4. The van der Waals surface area contributed by atoms with Gasteiger partial charge in [-0.15, -0.1) is 13.2 Å². The van der Waals surface area contributed by atoms with E-state index in [0.717, 1.165) is 34.6 Å². The Morgan fingerprint density at radius 2 is 1.75 bits per heavy atom. The van der Waals surface area contributed by atoms with E-state index in [1.165, 1.54) is 12.3 Å². The Morgan fingerprint density at radius 1 is 1.00 bits per heavy atom. The van der Waals surface area contributed by atoms with Crippen LogP contribution in [0.25, 0.3) is 11.1 Å². The molecule has 1 aromatic heterocycles. The molecule has 2 aliphatic heterocycles. The molecule has 0 amide bonds. The van der Waals surface area contributed by atoms with Crippen LogP contribution in [-0.4, -0.2) is 74.5 Å². The number of fused-ring (bicyclic) bond motifs is 3. The molecule has 1 atom stereocenters. The average Bonchev–Trinajstić information content (AvgIpc) is 2.93. The maximum Gasteiger partial charge on any atom is 0.573 e. The van der Waals surface area contributed by atoms with E-state index in [-0.39, 0.29) is 48.7 Å². The Balaban J connectivity index is 1.60. The third-order valence-corrected chi connectivity index (χ3v) is 8.94. The number of aliphatic carboxylic acids is 1. The van der Waals surface area contributed by atoms with Crippen LogP contribution in [-0.2, 0) is 21.0 Å². The molecule has 0 aliphatic carbocycles. The van der Waals surface area contributed by atoms with Gasteiger partial charge < -0.3 is 14.7 Å². The van der Waals surface area contributed by atoms with Crippen molar-refractivity contribution in [1.29, 1.82) is 0 Å². The van der Waals surface area contributed by atoms with E-state index in [2.05, 4.69) is 9.72 Å². The molecule has 44 heavy (non-hydrogen) atoms. The number of carbonyl (C=O) groups is 1. The number of anilines is 2. The molecule has 0 bridgehead atoms. The van der Waals surface area contributed by atoms with Crippen molar-refractivity contribution in [3.8, 4) is 16.9 Å². The van der Waals surface area contributed by atoms with Crippen LogP contribution in [0.5, 0.6) is 5.75 Å². The second-order valence-corrected chi connectivity index (χ2v) is 12.0. The van der Waals surface area contributed by atoms with Gasteiger partial charge in [0.1, 0.15) is 11.6 Å². The van der Waals surface area contributed by atoms with Gasteiger partial charge in [-0.1, -0.05) is 6.07 Å². The molecule has 0 spiro atoms. The van der Waals surface area contributed by atoms with E-state index in [9.17, 15) is 43.9 Å². The molecular weight excluding hydrogens is 625 g/mol. The lowest BCUT2D eigenvalue weighted by molar-refractivity contribution is -0.274. The van der Waals surface area contributed by atoms with E-state index in [0.29, 0.717) is 25.2 Å². The van der Waals surface area contributed by atoms with E-state index < -0.39 is 56.6 Å². The van der Waals surface area contributed by atoms with Crippen molar-refractivity contribution in [2.45, 2.75) is 29.9 Å². The third-order valence-electron chi connectivity index (χ3n) is 7.16. The number of aromatic nitrogens is 1. The Bertz CT molecular complexity index is 1680. The number of alkyl halides is 6. The lowest BCUT2D eigenvalue weighted by Crippen LogP contribution is -2.61. The number of piperazine rings is 1. The SMILES string of the molecule is O=C(O)CCN1CCN2c3ncc(-c4cc(F)cc(OC(F)(F)F)c4)cc3N(S(=O)(=O)c3cccc(C(F)(F)F)c3)C[C@@H]2C1. The first-order valence-corrected chi connectivity index (χ1v) is 14.4. The van der Waals surface area contributed by atoms with Gasteiger partial charge in [-0.2, -0.15) is 13.2 Å². The van der Waals surface area contributed by atoms with E-state index in [4.69, 9.17) is 5.11 Å². The van der Waals surface area contributed by atoms with Crippen LogP contribution in [0.1, 0.15) is 12.0 Å². The fourth-order valence-electron chi connectivity index (χ4n) is 5.22. The Kier molecular flexibility index (Phi) is 8.13. The van der Waals surface area contributed by atoms with Crippen LogP contribution >= 0.6 is 0 Å². The zero-order valence-corrected chi connectivity index (χ0v) is 23.3. The summed E-state index contributed by atoms with van der Waals surface area (Å²) in [4.78, 5) is 18.4. The second kappa shape index (κ2) is 11.4. The maximum atomic E-state index is 14.3. The first kappa shape index (κ1) is 31.3. The van der Waals surface area contributed by atoms with Crippen molar-refractivity contribution in [1.82, 2.24) is 9.88 Å². The Labute approximate surface area is 246 Å². The summed E-state index contributed by atoms with van der Waals surface area (Å²) in [6, 6.07) is 6.14. The highest BCUT2D eigenvalue weighted by atomic mass is 32.2. The third kappa shape index (κ3) is 6.67. The number of halogens is 7. The summed E-state index contributed by atoms with van der Waals surface area (Å²) in [5.41, 5.74) is -1.40. The van der Waals surface area contributed by atoms with Crippen molar-refractivity contribution in [2.24, 2.45) is 0 Å². The highest BCUT2D eigenvalue weighted by Gasteiger charge is 2.42. The number of sulfonamides is 1. The number of benzene rings is 2. The van der Waals surface area contributed by atoms with Crippen molar-refractivity contribution < 1.29 is 53.8 Å². The van der Waals surface area contributed by atoms with Gasteiger partial charge in [0.25, 0.3) is 10.0 Å². The van der Waals surface area contributed by atoms with Crippen LogP contribution < -0.4 is 13.9 Å². The van der Waals surface area contributed by atoms with Crippen LogP contribution in [0, 0.1) is 5.82 Å². The normalized spacial score (nSPS) is 17.7. The highest BCUT2D eigenvalue weighted by molar-refractivity contribution is 7.92. The predicted octanol–water partition coefficient (Wildman–Crippen LogP) is 4.98. The van der Waals surface area contributed by atoms with E-state index in [1.54, 1.807) is 4.90 Å².